The smallest absolute Gasteiger partial charge is 0.134 e. The number of aliphatic hydroxyl groups excluding tert-OH is 1. The van der Waals surface area contributed by atoms with Gasteiger partial charge in [0, 0.05) is 25.2 Å². The Morgan fingerprint density at radius 1 is 1.32 bits per heavy atom. The highest BCUT2D eigenvalue weighted by atomic mass is 19.1. The maximum Gasteiger partial charge on any atom is 0.134 e. The summed E-state index contributed by atoms with van der Waals surface area (Å²) in [7, 11) is 1.76. The van der Waals surface area contributed by atoms with Crippen LogP contribution in [0.3, 0.4) is 0 Å². The van der Waals surface area contributed by atoms with E-state index < -0.39 is 24.3 Å². The van der Waals surface area contributed by atoms with Crippen LogP contribution in [0.25, 0.3) is 11.3 Å². The quantitative estimate of drug-likeness (QED) is 0.623. The van der Waals surface area contributed by atoms with Crippen LogP contribution in [0.4, 0.5) is 13.2 Å². The molecule has 4 rings (SSSR count). The molecule has 2 aromatic carbocycles. The molecule has 0 fully saturated rings. The molecular weight excluding hydrogens is 403 g/mol. The second kappa shape index (κ2) is 8.20. The Morgan fingerprint density at radius 2 is 2.10 bits per heavy atom. The summed E-state index contributed by atoms with van der Waals surface area (Å²) in [5, 5.41) is 24.2. The van der Waals surface area contributed by atoms with Crippen molar-refractivity contribution in [3.05, 3.63) is 75.7 Å². The lowest BCUT2D eigenvalue weighted by atomic mass is 9.88. The second-order valence-corrected chi connectivity index (χ2v) is 7.85. The molecule has 3 atom stereocenters. The van der Waals surface area contributed by atoms with Gasteiger partial charge in [0.1, 0.15) is 24.3 Å². The van der Waals surface area contributed by atoms with E-state index >= 15 is 0 Å². The van der Waals surface area contributed by atoms with Gasteiger partial charge in [0.2, 0.25) is 0 Å². The second-order valence-electron chi connectivity index (χ2n) is 7.85. The van der Waals surface area contributed by atoms with Gasteiger partial charge in [-0.2, -0.15) is 10.4 Å². The van der Waals surface area contributed by atoms with Gasteiger partial charge in [-0.25, -0.2) is 13.2 Å². The number of nitrogens with zero attached hydrogens (tertiary/aromatic N) is 3. The van der Waals surface area contributed by atoms with Crippen molar-refractivity contribution >= 4 is 0 Å². The highest BCUT2D eigenvalue weighted by Crippen LogP contribution is 2.43. The molecule has 31 heavy (non-hydrogen) atoms. The summed E-state index contributed by atoms with van der Waals surface area (Å²) in [4.78, 5) is 0. The van der Waals surface area contributed by atoms with Crippen molar-refractivity contribution in [3.8, 4) is 17.3 Å². The number of benzene rings is 2. The molecule has 0 saturated heterocycles. The monoisotopic (exact) mass is 425 g/mol. The van der Waals surface area contributed by atoms with Crippen molar-refractivity contribution in [2.75, 3.05) is 0 Å². The average molecular weight is 425 g/mol. The van der Waals surface area contributed by atoms with E-state index in [0.29, 0.717) is 27.8 Å². The van der Waals surface area contributed by atoms with E-state index in [1.54, 1.807) is 43.0 Å². The molecule has 0 radical (unpaired) electrons. The number of halogens is 3. The summed E-state index contributed by atoms with van der Waals surface area (Å²) in [5.41, 5.74) is 3.84. The fourth-order valence-electron chi connectivity index (χ4n) is 4.45. The molecule has 160 valence electrons. The van der Waals surface area contributed by atoms with E-state index in [2.05, 4.69) is 5.10 Å². The highest BCUT2D eigenvalue weighted by molar-refractivity contribution is 5.69. The topological polar surface area (TPSA) is 61.8 Å². The van der Waals surface area contributed by atoms with E-state index in [-0.39, 0.29) is 30.4 Å². The number of fused-ring (bicyclic) bond motifs is 1. The number of aromatic nitrogens is 2. The van der Waals surface area contributed by atoms with Crippen LogP contribution in [0.2, 0.25) is 0 Å². The van der Waals surface area contributed by atoms with Gasteiger partial charge in [-0.05, 0) is 58.9 Å². The molecule has 0 saturated carbocycles. The van der Waals surface area contributed by atoms with Gasteiger partial charge in [-0.3, -0.25) is 4.68 Å². The normalized spacial score (nSPS) is 18.6. The van der Waals surface area contributed by atoms with Gasteiger partial charge < -0.3 is 5.11 Å². The third-order valence-corrected chi connectivity index (χ3v) is 6.02. The van der Waals surface area contributed by atoms with Crippen LogP contribution in [-0.4, -0.2) is 21.1 Å². The van der Waals surface area contributed by atoms with Gasteiger partial charge in [-0.15, -0.1) is 0 Å². The van der Waals surface area contributed by atoms with Crippen molar-refractivity contribution in [1.29, 1.82) is 5.26 Å². The number of alkyl halides is 2. The first-order chi connectivity index (χ1) is 14.8. The minimum absolute atomic E-state index is 0.0166. The molecule has 1 aromatic heterocycles. The number of hydrogen-bond donors (Lipinski definition) is 1. The Morgan fingerprint density at radius 3 is 2.74 bits per heavy atom. The fraction of sp³-hybridized carbons (Fsp3) is 0.333. The van der Waals surface area contributed by atoms with Gasteiger partial charge in [0.25, 0.3) is 0 Å². The van der Waals surface area contributed by atoms with E-state index in [1.165, 1.54) is 0 Å². The van der Waals surface area contributed by atoms with Crippen LogP contribution >= 0.6 is 0 Å². The van der Waals surface area contributed by atoms with E-state index in [9.17, 15) is 23.5 Å². The van der Waals surface area contributed by atoms with Gasteiger partial charge in [-0.1, -0.05) is 19.1 Å². The molecule has 0 bridgehead atoms. The van der Waals surface area contributed by atoms with Crippen LogP contribution < -0.4 is 0 Å². The molecule has 1 heterocycles. The summed E-state index contributed by atoms with van der Waals surface area (Å²) >= 11 is 0. The Hall–Kier alpha value is -3.11. The lowest BCUT2D eigenvalue weighted by Crippen LogP contribution is -2.08. The maximum atomic E-state index is 14.6. The summed E-state index contributed by atoms with van der Waals surface area (Å²) in [6.07, 6.45) is -2.23. The standard InChI is InChI=1S/C24H22F3N3O/c1-3-20(26)19-10-15(25)8-14(12-28)17(19)9-13-4-5-16(22-6-7-29-30(22)2)23-18(13)11-21(27)24(23)31/h4-8,10,20-21,24,31H,3,9,11H2,1-2H3. The number of nitriles is 1. The summed E-state index contributed by atoms with van der Waals surface area (Å²) in [5.74, 6) is -0.664. The summed E-state index contributed by atoms with van der Waals surface area (Å²) < 4.78 is 44.8. The average Bonchev–Trinajstić information content (AvgIpc) is 3.32. The van der Waals surface area contributed by atoms with Crippen molar-refractivity contribution in [1.82, 2.24) is 9.78 Å². The zero-order chi connectivity index (χ0) is 22.3. The number of rotatable bonds is 5. The van der Waals surface area contributed by atoms with E-state index in [4.69, 9.17) is 0 Å². The molecule has 3 aromatic rings. The first-order valence-electron chi connectivity index (χ1n) is 10.2. The number of aryl methyl sites for hydroxylation is 1. The van der Waals surface area contributed by atoms with Crippen molar-refractivity contribution in [3.63, 3.8) is 0 Å². The van der Waals surface area contributed by atoms with Gasteiger partial charge in [0.05, 0.1) is 17.3 Å². The SMILES string of the molecule is CCC(F)c1cc(F)cc(C#N)c1Cc1ccc(-c2ccnn2C)c2c1CC(F)C2O. The fourth-order valence-corrected chi connectivity index (χ4v) is 4.45. The highest BCUT2D eigenvalue weighted by Gasteiger charge is 2.36. The Balaban J connectivity index is 1.87. The number of aliphatic hydroxyl groups is 1. The first kappa shape index (κ1) is 21.1. The molecule has 0 amide bonds. The molecule has 7 heteroatoms. The van der Waals surface area contributed by atoms with E-state index in [0.717, 1.165) is 17.8 Å². The van der Waals surface area contributed by atoms with Crippen LogP contribution in [0.1, 0.15) is 59.0 Å². The molecule has 1 aliphatic carbocycles. The Labute approximate surface area is 178 Å². The van der Waals surface area contributed by atoms with Crippen LogP contribution in [0.5, 0.6) is 0 Å². The Bertz CT molecular complexity index is 1180. The molecule has 4 nitrogen and oxygen atoms in total. The molecule has 1 N–H and O–H groups in total. The zero-order valence-corrected chi connectivity index (χ0v) is 17.2. The first-order valence-corrected chi connectivity index (χ1v) is 10.2. The van der Waals surface area contributed by atoms with Crippen LogP contribution in [-0.2, 0) is 19.9 Å². The van der Waals surface area contributed by atoms with E-state index in [1.807, 2.05) is 6.07 Å². The minimum atomic E-state index is -1.46. The third kappa shape index (κ3) is 3.61. The van der Waals surface area contributed by atoms with Crippen molar-refractivity contribution in [2.45, 2.75) is 44.6 Å². The third-order valence-electron chi connectivity index (χ3n) is 6.02. The maximum absolute atomic E-state index is 14.6. The van der Waals surface area contributed by atoms with Crippen LogP contribution in [0.15, 0.2) is 36.5 Å². The molecule has 0 aliphatic heterocycles. The predicted molar refractivity (Wildman–Crippen MR) is 110 cm³/mol. The van der Waals surface area contributed by atoms with Crippen molar-refractivity contribution < 1.29 is 18.3 Å². The molecule has 0 spiro atoms. The predicted octanol–water partition coefficient (Wildman–Crippen LogP) is 5.04. The molecule has 1 aliphatic rings. The Kier molecular flexibility index (Phi) is 5.59. The molecule has 3 unspecified atom stereocenters. The number of hydrogen-bond acceptors (Lipinski definition) is 3. The van der Waals surface area contributed by atoms with Crippen LogP contribution in [0, 0.1) is 17.1 Å². The lowest BCUT2D eigenvalue weighted by Gasteiger charge is -2.18. The zero-order valence-electron chi connectivity index (χ0n) is 17.2. The van der Waals surface area contributed by atoms with Crippen molar-refractivity contribution in [2.24, 2.45) is 7.05 Å². The van der Waals surface area contributed by atoms with Gasteiger partial charge in [0.15, 0.2) is 0 Å². The van der Waals surface area contributed by atoms with Gasteiger partial charge >= 0.3 is 0 Å². The summed E-state index contributed by atoms with van der Waals surface area (Å²) in [6.45, 7) is 1.65. The minimum Gasteiger partial charge on any atom is -0.385 e. The molecular formula is C24H22F3N3O. The lowest BCUT2D eigenvalue weighted by molar-refractivity contribution is 0.0929. The summed E-state index contributed by atoms with van der Waals surface area (Å²) in [6, 6.07) is 9.56. The largest absolute Gasteiger partial charge is 0.385 e.